The van der Waals surface area contributed by atoms with Gasteiger partial charge in [0, 0.05) is 22.8 Å². The highest BCUT2D eigenvalue weighted by atomic mass is 127. The molecule has 8 heteroatoms. The summed E-state index contributed by atoms with van der Waals surface area (Å²) >= 11 is 2.24. The van der Waals surface area contributed by atoms with Crippen molar-refractivity contribution in [3.63, 3.8) is 0 Å². The number of hydrogen-bond donors (Lipinski definition) is 1. The fourth-order valence-electron chi connectivity index (χ4n) is 2.97. The molecule has 0 aliphatic carbocycles. The molecule has 1 unspecified atom stereocenters. The molecule has 0 radical (unpaired) electrons. The van der Waals surface area contributed by atoms with Crippen LogP contribution in [-0.2, 0) is 0 Å². The first kappa shape index (κ1) is 28.2. The number of carbonyl (C=O) groups is 1. The second-order valence-electron chi connectivity index (χ2n) is 7.81. The summed E-state index contributed by atoms with van der Waals surface area (Å²) in [5, 5.41) is 10.3. The number of halogens is 4. The Bertz CT molecular complexity index is 911. The van der Waals surface area contributed by atoms with Crippen molar-refractivity contribution in [2.24, 2.45) is 0 Å². The van der Waals surface area contributed by atoms with Crippen molar-refractivity contribution in [1.29, 1.82) is 0 Å². The molecule has 0 saturated carbocycles. The number of unbranched alkanes of at least 4 members (excludes halogenated alkanes) is 1. The molecule has 1 aromatic heterocycles. The van der Waals surface area contributed by atoms with Crippen LogP contribution in [0.1, 0.15) is 81.3 Å². The molecule has 0 amide bonds. The summed E-state index contributed by atoms with van der Waals surface area (Å²) in [4.78, 5) is 25.0. The van der Waals surface area contributed by atoms with Gasteiger partial charge in [-0.05, 0) is 51.5 Å². The van der Waals surface area contributed by atoms with E-state index in [0.29, 0.717) is 18.6 Å². The minimum absolute atomic E-state index is 0.0462. The Labute approximate surface area is 200 Å². The van der Waals surface area contributed by atoms with E-state index >= 15 is 0 Å². The van der Waals surface area contributed by atoms with Crippen LogP contribution < -0.4 is 5.63 Å². The molecule has 0 aliphatic rings. The first-order valence-corrected chi connectivity index (χ1v) is 12.0. The first-order valence-electron chi connectivity index (χ1n) is 10.5. The van der Waals surface area contributed by atoms with E-state index in [0.717, 1.165) is 22.8 Å². The Morgan fingerprint density at radius 3 is 2.50 bits per heavy atom. The number of rotatable bonds is 12. The van der Waals surface area contributed by atoms with Crippen molar-refractivity contribution in [3.05, 3.63) is 63.3 Å². The first-order chi connectivity index (χ1) is 15.0. The van der Waals surface area contributed by atoms with E-state index < -0.39 is 35.3 Å². The maximum absolute atomic E-state index is 12.6. The lowest BCUT2D eigenvalue weighted by atomic mass is 9.99. The number of hydrogen-bond acceptors (Lipinski definition) is 4. The topological polar surface area (TPSA) is 67.5 Å². The molecule has 1 rings (SSSR count). The Morgan fingerprint density at radius 1 is 1.22 bits per heavy atom. The fourth-order valence-corrected chi connectivity index (χ4v) is 3.33. The molecular formula is C24H30F3IO4. The van der Waals surface area contributed by atoms with Gasteiger partial charge >= 0.3 is 11.8 Å². The van der Waals surface area contributed by atoms with E-state index in [-0.39, 0.29) is 17.9 Å². The normalized spacial score (nSPS) is 14.2. The second kappa shape index (κ2) is 13.6. The smallest absolute Gasteiger partial charge is 0.389 e. The standard InChI is InChI=1S/C24H30F3IO4/c1-16(9-6-7-13-24(25,26)27)11-12-18(3)22(30)21-19(29)15-20(32-23(21)31)17(2)10-5-4-8-14-28/h4,8,11-12,15,17,29H,5-7,9-10,13-14H2,1-3H3/b8-4+,16-11+,18-12+. The Balaban J connectivity index is 2.84. The van der Waals surface area contributed by atoms with Crippen LogP contribution in [-0.4, -0.2) is 21.5 Å². The van der Waals surface area contributed by atoms with Crippen molar-refractivity contribution in [2.75, 3.05) is 4.43 Å². The maximum atomic E-state index is 12.6. The molecule has 0 aromatic carbocycles. The molecule has 1 N–H and O–H groups in total. The summed E-state index contributed by atoms with van der Waals surface area (Å²) in [6.45, 7) is 5.15. The highest BCUT2D eigenvalue weighted by Gasteiger charge is 2.25. The predicted octanol–water partition coefficient (Wildman–Crippen LogP) is 7.42. The SMILES string of the molecule is C/C(=C\C=C(/C)C(=O)c1c(O)cc(C(C)CC/C=C/CI)oc1=O)CCCCC(F)(F)F. The molecule has 0 aliphatic heterocycles. The molecule has 0 saturated heterocycles. The highest BCUT2D eigenvalue weighted by molar-refractivity contribution is 14.1. The van der Waals surface area contributed by atoms with Crippen molar-refractivity contribution in [2.45, 2.75) is 71.4 Å². The Hall–Kier alpha value is -1.84. The molecule has 0 bridgehead atoms. The van der Waals surface area contributed by atoms with Crippen LogP contribution in [0, 0.1) is 0 Å². The quantitative estimate of drug-likeness (QED) is 0.0544. The van der Waals surface area contributed by atoms with Crippen LogP contribution in [0.4, 0.5) is 13.2 Å². The summed E-state index contributed by atoms with van der Waals surface area (Å²) in [7, 11) is 0. The molecule has 178 valence electrons. The summed E-state index contributed by atoms with van der Waals surface area (Å²) in [5.74, 6) is -0.850. The van der Waals surface area contributed by atoms with Crippen LogP contribution in [0.3, 0.4) is 0 Å². The molecule has 32 heavy (non-hydrogen) atoms. The lowest BCUT2D eigenvalue weighted by molar-refractivity contribution is -0.135. The lowest BCUT2D eigenvalue weighted by Gasteiger charge is -2.11. The number of aromatic hydroxyl groups is 1. The van der Waals surface area contributed by atoms with Gasteiger partial charge < -0.3 is 9.52 Å². The highest BCUT2D eigenvalue weighted by Crippen LogP contribution is 2.26. The van der Waals surface area contributed by atoms with Crippen LogP contribution in [0.2, 0.25) is 0 Å². The van der Waals surface area contributed by atoms with Gasteiger partial charge in [0.05, 0.1) is 0 Å². The third kappa shape index (κ3) is 10.2. The van der Waals surface area contributed by atoms with Gasteiger partial charge in [0.1, 0.15) is 17.1 Å². The zero-order chi connectivity index (χ0) is 24.3. The number of carbonyl (C=O) groups excluding carboxylic acids is 1. The van der Waals surface area contributed by atoms with Crippen LogP contribution in [0.25, 0.3) is 0 Å². The fraction of sp³-hybridized carbons (Fsp3) is 0.500. The third-order valence-corrected chi connectivity index (χ3v) is 5.45. The van der Waals surface area contributed by atoms with Crippen molar-refractivity contribution < 1.29 is 27.5 Å². The zero-order valence-corrected chi connectivity index (χ0v) is 20.8. The monoisotopic (exact) mass is 566 g/mol. The summed E-state index contributed by atoms with van der Waals surface area (Å²) in [6.07, 6.45) is 4.69. The van der Waals surface area contributed by atoms with Crippen molar-refractivity contribution >= 4 is 28.4 Å². The average Bonchev–Trinajstić information content (AvgIpc) is 2.71. The molecule has 4 nitrogen and oxygen atoms in total. The molecule has 1 atom stereocenters. The van der Waals surface area contributed by atoms with Gasteiger partial charge in [0.15, 0.2) is 5.78 Å². The van der Waals surface area contributed by atoms with Crippen LogP contribution in [0.15, 0.2) is 50.7 Å². The van der Waals surface area contributed by atoms with Gasteiger partial charge in [0.2, 0.25) is 0 Å². The number of ketones is 1. The van der Waals surface area contributed by atoms with Gasteiger partial charge in [-0.2, -0.15) is 13.2 Å². The zero-order valence-electron chi connectivity index (χ0n) is 18.6. The number of allylic oxidation sites excluding steroid dienone is 6. The maximum Gasteiger partial charge on any atom is 0.389 e. The summed E-state index contributed by atoms with van der Waals surface area (Å²) in [5.41, 5.74) is -0.278. The van der Waals surface area contributed by atoms with E-state index in [1.807, 2.05) is 19.1 Å². The van der Waals surface area contributed by atoms with Crippen molar-refractivity contribution in [3.8, 4) is 5.75 Å². The molecule has 1 aromatic rings. The van der Waals surface area contributed by atoms with E-state index in [1.165, 1.54) is 19.1 Å². The number of Topliss-reactive ketones (excluding diaryl/α,β-unsaturated/α-hetero) is 1. The third-order valence-electron chi connectivity index (χ3n) is 4.94. The largest absolute Gasteiger partial charge is 0.507 e. The average molecular weight is 566 g/mol. The molecule has 0 spiro atoms. The van der Waals surface area contributed by atoms with E-state index in [2.05, 4.69) is 22.6 Å². The number of alkyl halides is 4. The minimum atomic E-state index is -4.15. The summed E-state index contributed by atoms with van der Waals surface area (Å²) < 4.78 is 42.8. The molecular weight excluding hydrogens is 536 g/mol. The lowest BCUT2D eigenvalue weighted by Crippen LogP contribution is -2.16. The van der Waals surface area contributed by atoms with Crippen molar-refractivity contribution in [1.82, 2.24) is 0 Å². The van der Waals surface area contributed by atoms with E-state index in [9.17, 15) is 27.9 Å². The van der Waals surface area contributed by atoms with Gasteiger partial charge in [-0.25, -0.2) is 4.79 Å². The minimum Gasteiger partial charge on any atom is -0.507 e. The molecule has 0 fully saturated rings. The van der Waals surface area contributed by atoms with Crippen LogP contribution in [0.5, 0.6) is 5.75 Å². The second-order valence-corrected chi connectivity index (χ2v) is 8.70. The van der Waals surface area contributed by atoms with Gasteiger partial charge in [-0.3, -0.25) is 4.79 Å². The van der Waals surface area contributed by atoms with E-state index in [4.69, 9.17) is 4.42 Å². The van der Waals surface area contributed by atoms with Gasteiger partial charge in [-0.15, -0.1) is 0 Å². The Morgan fingerprint density at radius 2 is 1.91 bits per heavy atom. The van der Waals surface area contributed by atoms with Gasteiger partial charge in [0.25, 0.3) is 0 Å². The predicted molar refractivity (Wildman–Crippen MR) is 129 cm³/mol. The van der Waals surface area contributed by atoms with E-state index in [1.54, 1.807) is 13.0 Å². The summed E-state index contributed by atoms with van der Waals surface area (Å²) in [6, 6.07) is 1.32. The van der Waals surface area contributed by atoms with Crippen LogP contribution >= 0.6 is 22.6 Å². The molecule has 1 heterocycles. The Kier molecular flexibility index (Phi) is 12.0. The van der Waals surface area contributed by atoms with Gasteiger partial charge in [-0.1, -0.05) is 59.4 Å².